The number of hydrogen-bond donors (Lipinski definition) is 0. The second kappa shape index (κ2) is 17.0. The van der Waals surface area contributed by atoms with Gasteiger partial charge in [-0.3, -0.25) is 4.68 Å². The molecule has 0 saturated heterocycles. The first-order valence-electron chi connectivity index (χ1n) is 19.9. The third kappa shape index (κ3) is 8.23. The third-order valence-corrected chi connectivity index (χ3v) is 10.5. The number of para-hydroxylation sites is 1. The summed E-state index contributed by atoms with van der Waals surface area (Å²) >= 11 is 0. The van der Waals surface area contributed by atoms with Gasteiger partial charge in [0.15, 0.2) is 0 Å². The zero-order valence-corrected chi connectivity index (χ0v) is 36.5. The fourth-order valence-corrected chi connectivity index (χ4v) is 7.56. The van der Waals surface area contributed by atoms with E-state index in [2.05, 4.69) is 124 Å². The van der Waals surface area contributed by atoms with Gasteiger partial charge in [0.1, 0.15) is 30.5 Å². The number of aromatic nitrogens is 4. The van der Waals surface area contributed by atoms with Crippen molar-refractivity contribution in [2.75, 3.05) is 0 Å². The molecule has 3 aromatic heterocycles. The average Bonchev–Trinajstić information content (AvgIpc) is 3.87. The molecular weight excluding hydrogens is 924 g/mol. The van der Waals surface area contributed by atoms with E-state index in [1.54, 1.807) is 4.68 Å². The van der Waals surface area contributed by atoms with Crippen molar-refractivity contribution >= 4 is 21.8 Å². The van der Waals surface area contributed by atoms with E-state index in [0.717, 1.165) is 78.2 Å². The molecular formula is C52H44N4O3Pt. The van der Waals surface area contributed by atoms with Crippen molar-refractivity contribution in [2.24, 2.45) is 0 Å². The molecule has 0 aliphatic rings. The van der Waals surface area contributed by atoms with Crippen molar-refractivity contribution in [3.8, 4) is 45.6 Å². The Bertz CT molecular complexity index is 2860. The van der Waals surface area contributed by atoms with Crippen LogP contribution in [0.4, 0.5) is 0 Å². The number of aryl methyl sites for hydroxylation is 2. The average molecular weight is 968 g/mol. The van der Waals surface area contributed by atoms with Crippen LogP contribution in [0.2, 0.25) is 0 Å². The molecule has 0 unspecified atom stereocenters. The van der Waals surface area contributed by atoms with Crippen LogP contribution in [0, 0.1) is 26.0 Å². The summed E-state index contributed by atoms with van der Waals surface area (Å²) in [6.07, 6.45) is 5.72. The van der Waals surface area contributed by atoms with Gasteiger partial charge >= 0.3 is 21.1 Å². The van der Waals surface area contributed by atoms with Gasteiger partial charge in [-0.1, -0.05) is 105 Å². The predicted octanol–water partition coefficient (Wildman–Crippen LogP) is 12.5. The molecule has 0 aliphatic heterocycles. The Balaban J connectivity index is 0.00000499. The van der Waals surface area contributed by atoms with Crippen LogP contribution in [-0.2, 0) is 39.7 Å². The van der Waals surface area contributed by atoms with Crippen molar-refractivity contribution in [3.63, 3.8) is 0 Å². The van der Waals surface area contributed by atoms with Crippen molar-refractivity contribution < 1.29 is 35.3 Å². The van der Waals surface area contributed by atoms with Gasteiger partial charge in [-0.2, -0.15) is 17.2 Å². The van der Waals surface area contributed by atoms with Crippen molar-refractivity contribution in [3.05, 3.63) is 192 Å². The molecule has 0 spiro atoms. The Morgan fingerprint density at radius 3 is 1.98 bits per heavy atom. The molecule has 9 rings (SSSR count). The number of benzene rings is 6. The SMILES string of the molecule is Cc1cc(C)c(OCc2ccccc2)c(-c2cnn(-c3[c-]c(Oc4[c-]c5c(cc4)c4ccccc4n5-c4cc(C(C)(C)C)ccn4)ccc3)c2)c1OCc1ccccc1.[Pt+2]. The Hall–Kier alpha value is -6.43. The Morgan fingerprint density at radius 1 is 0.650 bits per heavy atom. The molecule has 0 saturated carbocycles. The Morgan fingerprint density at radius 2 is 1.30 bits per heavy atom. The van der Waals surface area contributed by atoms with E-state index in [4.69, 9.17) is 24.3 Å². The summed E-state index contributed by atoms with van der Waals surface area (Å²) in [5.41, 5.74) is 9.75. The zero-order valence-electron chi connectivity index (χ0n) is 34.2. The van der Waals surface area contributed by atoms with Crippen molar-refractivity contribution in [1.29, 1.82) is 0 Å². The van der Waals surface area contributed by atoms with Gasteiger partial charge in [-0.25, -0.2) is 4.98 Å². The fourth-order valence-electron chi connectivity index (χ4n) is 7.56. The minimum atomic E-state index is -0.0273. The molecule has 3 heterocycles. The van der Waals surface area contributed by atoms with Gasteiger partial charge in [-0.15, -0.1) is 35.7 Å². The summed E-state index contributed by atoms with van der Waals surface area (Å²) in [4.78, 5) is 4.82. The molecule has 60 heavy (non-hydrogen) atoms. The topological polar surface area (TPSA) is 63.3 Å². The molecule has 0 atom stereocenters. The number of nitrogens with zero attached hydrogens (tertiary/aromatic N) is 4. The third-order valence-electron chi connectivity index (χ3n) is 10.5. The molecule has 0 radical (unpaired) electrons. The standard InChI is InChI=1S/C52H44N4O3.Pt/c1-35-27-36(2)51(58-34-38-17-10-7-11-18-38)49(50(35)57-33-37-15-8-6-9-16-37)39-31-54-55(32-39)41-19-14-20-42(29-41)59-43-23-24-45-44-21-12-13-22-46(44)56(47(45)30-43)48-28-40(25-26-53-48)52(3,4)5;/h6-28,31-32H,33-34H2,1-5H3;/q-2;+2. The monoisotopic (exact) mass is 967 g/mol. The van der Waals surface area contributed by atoms with Crippen LogP contribution in [-0.4, -0.2) is 19.3 Å². The smallest absolute Gasteiger partial charge is 0.509 e. The van der Waals surface area contributed by atoms with E-state index >= 15 is 0 Å². The number of ether oxygens (including phenoxy) is 3. The molecule has 0 amide bonds. The first kappa shape index (κ1) is 40.4. The van der Waals surface area contributed by atoms with Crippen LogP contribution in [0.1, 0.15) is 48.6 Å². The molecule has 300 valence electrons. The molecule has 0 N–H and O–H groups in total. The van der Waals surface area contributed by atoms with E-state index in [1.807, 2.05) is 79.3 Å². The van der Waals surface area contributed by atoms with E-state index in [9.17, 15) is 0 Å². The summed E-state index contributed by atoms with van der Waals surface area (Å²) in [5, 5.41) is 7.02. The van der Waals surface area contributed by atoms with E-state index in [1.165, 1.54) is 5.56 Å². The molecule has 0 aliphatic carbocycles. The van der Waals surface area contributed by atoms with E-state index in [0.29, 0.717) is 24.7 Å². The van der Waals surface area contributed by atoms with Gasteiger partial charge in [0.05, 0.1) is 11.8 Å². The van der Waals surface area contributed by atoms with Gasteiger partial charge in [0.25, 0.3) is 0 Å². The summed E-state index contributed by atoms with van der Waals surface area (Å²) in [6, 6.07) is 52.0. The second-order valence-electron chi connectivity index (χ2n) is 15.9. The van der Waals surface area contributed by atoms with E-state index < -0.39 is 0 Å². The number of rotatable bonds is 11. The molecule has 6 aromatic carbocycles. The number of fused-ring (bicyclic) bond motifs is 3. The minimum absolute atomic E-state index is 0. The summed E-state index contributed by atoms with van der Waals surface area (Å²) in [5.74, 6) is 3.46. The van der Waals surface area contributed by atoms with Crippen molar-refractivity contribution in [1.82, 2.24) is 19.3 Å². The molecule has 9 aromatic rings. The van der Waals surface area contributed by atoms with Crippen LogP contribution < -0.4 is 14.2 Å². The van der Waals surface area contributed by atoms with Crippen molar-refractivity contribution in [2.45, 2.75) is 53.2 Å². The molecule has 0 fully saturated rings. The summed E-state index contributed by atoms with van der Waals surface area (Å²) in [6.45, 7) is 11.6. The van der Waals surface area contributed by atoms with Crippen LogP contribution in [0.25, 0.3) is 44.4 Å². The van der Waals surface area contributed by atoms with Crippen LogP contribution in [0.3, 0.4) is 0 Å². The van der Waals surface area contributed by atoms with Gasteiger partial charge in [0.2, 0.25) is 0 Å². The van der Waals surface area contributed by atoms with Crippen LogP contribution in [0.5, 0.6) is 23.0 Å². The molecule has 0 bridgehead atoms. The summed E-state index contributed by atoms with van der Waals surface area (Å²) in [7, 11) is 0. The number of hydrogen-bond acceptors (Lipinski definition) is 5. The van der Waals surface area contributed by atoms with Crippen LogP contribution in [0.15, 0.2) is 152 Å². The molecule has 7 nitrogen and oxygen atoms in total. The predicted molar refractivity (Wildman–Crippen MR) is 235 cm³/mol. The van der Waals surface area contributed by atoms with E-state index in [-0.39, 0.29) is 26.5 Å². The first-order valence-corrected chi connectivity index (χ1v) is 19.9. The normalized spacial score (nSPS) is 11.4. The quantitative estimate of drug-likeness (QED) is 0.121. The van der Waals surface area contributed by atoms with Gasteiger partial charge in [0, 0.05) is 35.0 Å². The maximum absolute atomic E-state index is 6.61. The minimum Gasteiger partial charge on any atom is -0.509 e. The largest absolute Gasteiger partial charge is 2.00 e. The zero-order chi connectivity index (χ0) is 40.5. The Labute approximate surface area is 365 Å². The second-order valence-corrected chi connectivity index (χ2v) is 15.9. The summed E-state index contributed by atoms with van der Waals surface area (Å²) < 4.78 is 23.7. The number of pyridine rings is 1. The van der Waals surface area contributed by atoms with Crippen LogP contribution >= 0.6 is 0 Å². The van der Waals surface area contributed by atoms with Gasteiger partial charge in [-0.05, 0) is 82.4 Å². The Kier molecular flexibility index (Phi) is 11.5. The molecule has 8 heteroatoms. The first-order chi connectivity index (χ1) is 28.7. The maximum atomic E-state index is 6.61. The fraction of sp³-hybridized carbons (Fsp3) is 0.154. The maximum Gasteiger partial charge on any atom is 2.00 e. The van der Waals surface area contributed by atoms with Gasteiger partial charge < -0.3 is 18.8 Å².